The molecule has 9 nitrogen and oxygen atoms in total. The van der Waals surface area contributed by atoms with Crippen LogP contribution in [0.2, 0.25) is 5.02 Å². The summed E-state index contributed by atoms with van der Waals surface area (Å²) >= 11 is 6.82. The van der Waals surface area contributed by atoms with Crippen LogP contribution in [0.3, 0.4) is 0 Å². The van der Waals surface area contributed by atoms with E-state index in [9.17, 15) is 19.2 Å². The van der Waals surface area contributed by atoms with Crippen LogP contribution in [0.25, 0.3) is 6.08 Å². The molecule has 11 heteroatoms. The highest BCUT2D eigenvalue weighted by molar-refractivity contribution is 8.18. The first-order valence-electron chi connectivity index (χ1n) is 8.35. The number of esters is 1. The first-order chi connectivity index (χ1) is 13.7. The number of amides is 2. The average Bonchev–Trinajstić information content (AvgIpc) is 2.93. The van der Waals surface area contributed by atoms with Gasteiger partial charge in [-0.3, -0.25) is 14.5 Å². The van der Waals surface area contributed by atoms with Crippen LogP contribution in [-0.2, 0) is 19.1 Å². The van der Waals surface area contributed by atoms with Gasteiger partial charge in [0.15, 0.2) is 18.1 Å². The van der Waals surface area contributed by atoms with E-state index >= 15 is 0 Å². The smallest absolute Gasteiger partial charge is 0.341 e. The van der Waals surface area contributed by atoms with Gasteiger partial charge < -0.3 is 19.3 Å². The summed E-state index contributed by atoms with van der Waals surface area (Å²) in [5.41, 5.74) is 0.420. The Balaban J connectivity index is 2.31. The second kappa shape index (κ2) is 9.66. The number of thioether (sulfide) groups is 1. The predicted octanol–water partition coefficient (Wildman–Crippen LogP) is 2.80. The van der Waals surface area contributed by atoms with Gasteiger partial charge in [0, 0.05) is 0 Å². The number of carboxylic acid groups (broad SMARTS) is 1. The molecule has 0 saturated carbocycles. The van der Waals surface area contributed by atoms with Gasteiger partial charge in [0.2, 0.25) is 0 Å². The van der Waals surface area contributed by atoms with Gasteiger partial charge in [0.25, 0.3) is 11.1 Å². The fourth-order valence-corrected chi connectivity index (χ4v) is 3.61. The van der Waals surface area contributed by atoms with E-state index in [0.717, 1.165) is 4.90 Å². The molecule has 0 unspecified atom stereocenters. The Morgan fingerprint density at radius 3 is 2.62 bits per heavy atom. The van der Waals surface area contributed by atoms with Crippen molar-refractivity contribution in [3.8, 4) is 11.5 Å². The lowest BCUT2D eigenvalue weighted by Crippen LogP contribution is -2.42. The number of imide groups is 1. The maximum atomic E-state index is 12.6. The fraction of sp³-hybridized carbons (Fsp3) is 0.333. The molecule has 156 valence electrons. The van der Waals surface area contributed by atoms with Crippen LogP contribution in [0, 0.1) is 0 Å². The Kier molecular flexibility index (Phi) is 7.52. The van der Waals surface area contributed by atoms with E-state index < -0.39 is 35.7 Å². The maximum absolute atomic E-state index is 12.6. The molecule has 1 aromatic rings. The number of ether oxygens (including phenoxy) is 3. The molecule has 1 fully saturated rings. The minimum Gasteiger partial charge on any atom is -0.493 e. The third-order valence-electron chi connectivity index (χ3n) is 3.73. The highest BCUT2D eigenvalue weighted by Crippen LogP contribution is 2.39. The van der Waals surface area contributed by atoms with Gasteiger partial charge in [0.05, 0.1) is 23.6 Å². The van der Waals surface area contributed by atoms with E-state index in [1.54, 1.807) is 6.92 Å². The normalized spacial score (nSPS) is 16.1. The average molecular weight is 444 g/mol. The quantitative estimate of drug-likeness (QED) is 0.477. The van der Waals surface area contributed by atoms with Crippen molar-refractivity contribution < 1.29 is 38.5 Å². The number of halogens is 1. The van der Waals surface area contributed by atoms with Gasteiger partial charge >= 0.3 is 11.9 Å². The Morgan fingerprint density at radius 2 is 2.03 bits per heavy atom. The highest BCUT2D eigenvalue weighted by atomic mass is 35.5. The molecule has 1 saturated heterocycles. The van der Waals surface area contributed by atoms with Gasteiger partial charge in [-0.05, 0) is 49.4 Å². The van der Waals surface area contributed by atoms with E-state index in [1.807, 2.05) is 0 Å². The third-order valence-corrected chi connectivity index (χ3v) is 4.89. The maximum Gasteiger partial charge on any atom is 0.341 e. The van der Waals surface area contributed by atoms with Crippen LogP contribution in [0.1, 0.15) is 19.4 Å². The molecule has 0 bridgehead atoms. The van der Waals surface area contributed by atoms with Crippen molar-refractivity contribution in [2.24, 2.45) is 0 Å². The minimum absolute atomic E-state index is 0.0396. The molecular weight excluding hydrogens is 426 g/mol. The first-order valence-corrected chi connectivity index (χ1v) is 9.54. The molecule has 1 aliphatic rings. The number of methoxy groups -OCH3 is 1. The number of rotatable bonds is 8. The standard InChI is InChI=1S/C18H18ClNO8S/c1-4-27-17(24)9(2)20-16(23)13(29-18(20)25)7-10-5-11(19)15(12(6-10)26-3)28-8-14(21)22/h5-7,9H,4,8H2,1-3H3,(H,21,22)/b13-7-/t9-/m1/s1. The second-order valence-corrected chi connectivity index (χ2v) is 7.10. The lowest BCUT2D eigenvalue weighted by Gasteiger charge is -2.19. The second-order valence-electron chi connectivity index (χ2n) is 5.70. The molecule has 2 amide bonds. The van der Waals surface area contributed by atoms with Crippen molar-refractivity contribution in [3.63, 3.8) is 0 Å². The fourth-order valence-electron chi connectivity index (χ4n) is 2.43. The number of benzene rings is 1. The predicted molar refractivity (Wildman–Crippen MR) is 105 cm³/mol. The third kappa shape index (κ3) is 5.21. The Labute approximate surface area is 175 Å². The van der Waals surface area contributed by atoms with Gasteiger partial charge in [-0.15, -0.1) is 0 Å². The zero-order chi connectivity index (χ0) is 21.7. The van der Waals surface area contributed by atoms with Gasteiger partial charge in [-0.1, -0.05) is 11.6 Å². The molecular formula is C18H18ClNO8S. The van der Waals surface area contributed by atoms with Gasteiger partial charge in [-0.25, -0.2) is 9.59 Å². The van der Waals surface area contributed by atoms with E-state index in [0.29, 0.717) is 17.3 Å². The summed E-state index contributed by atoms with van der Waals surface area (Å²) in [6.07, 6.45) is 1.41. The summed E-state index contributed by atoms with van der Waals surface area (Å²) < 4.78 is 15.1. The Hall–Kier alpha value is -2.72. The van der Waals surface area contributed by atoms with Crippen molar-refractivity contribution >= 4 is 52.5 Å². The lowest BCUT2D eigenvalue weighted by atomic mass is 10.1. The molecule has 0 radical (unpaired) electrons. The number of hydrogen-bond acceptors (Lipinski definition) is 8. The zero-order valence-corrected chi connectivity index (χ0v) is 17.3. The summed E-state index contributed by atoms with van der Waals surface area (Å²) in [5, 5.41) is 8.21. The summed E-state index contributed by atoms with van der Waals surface area (Å²) in [6, 6.07) is 1.86. The van der Waals surface area contributed by atoms with Gasteiger partial charge in [0.1, 0.15) is 6.04 Å². The van der Waals surface area contributed by atoms with Crippen molar-refractivity contribution in [1.29, 1.82) is 0 Å². The van der Waals surface area contributed by atoms with Crippen LogP contribution >= 0.6 is 23.4 Å². The summed E-state index contributed by atoms with van der Waals surface area (Å²) in [5.74, 6) is -2.30. The van der Waals surface area contributed by atoms with E-state index in [4.69, 9.17) is 30.9 Å². The first kappa shape index (κ1) is 22.6. The molecule has 1 aromatic carbocycles. The summed E-state index contributed by atoms with van der Waals surface area (Å²) in [4.78, 5) is 48.3. The van der Waals surface area contributed by atoms with E-state index in [1.165, 1.54) is 32.2 Å². The monoisotopic (exact) mass is 443 g/mol. The molecule has 1 aliphatic heterocycles. The molecule has 1 atom stereocenters. The van der Waals surface area contributed by atoms with Crippen molar-refractivity contribution in [2.45, 2.75) is 19.9 Å². The van der Waals surface area contributed by atoms with Crippen LogP contribution in [0.15, 0.2) is 17.0 Å². The number of hydrogen-bond donors (Lipinski definition) is 1. The lowest BCUT2D eigenvalue weighted by molar-refractivity contribution is -0.150. The number of aliphatic carboxylic acids is 1. The molecule has 2 rings (SSSR count). The molecule has 0 spiro atoms. The van der Waals surface area contributed by atoms with Crippen molar-refractivity contribution in [2.75, 3.05) is 20.3 Å². The van der Waals surface area contributed by atoms with E-state index in [2.05, 4.69) is 0 Å². The number of carbonyl (C=O) groups excluding carboxylic acids is 3. The Bertz CT molecular complexity index is 885. The molecule has 1 heterocycles. The molecule has 29 heavy (non-hydrogen) atoms. The van der Waals surface area contributed by atoms with Crippen molar-refractivity contribution in [3.05, 3.63) is 27.6 Å². The molecule has 1 N–H and O–H groups in total. The minimum atomic E-state index is -1.18. The van der Waals surface area contributed by atoms with Crippen LogP contribution in [0.4, 0.5) is 4.79 Å². The molecule has 0 aliphatic carbocycles. The van der Waals surface area contributed by atoms with Gasteiger partial charge in [-0.2, -0.15) is 0 Å². The number of carboxylic acids is 1. The highest BCUT2D eigenvalue weighted by Gasteiger charge is 2.41. The zero-order valence-electron chi connectivity index (χ0n) is 15.8. The number of carbonyl (C=O) groups is 4. The summed E-state index contributed by atoms with van der Waals surface area (Å²) in [6.45, 7) is 2.55. The van der Waals surface area contributed by atoms with Crippen LogP contribution in [-0.4, -0.2) is 59.5 Å². The van der Waals surface area contributed by atoms with Crippen molar-refractivity contribution in [1.82, 2.24) is 4.90 Å². The molecule has 0 aromatic heterocycles. The Morgan fingerprint density at radius 1 is 1.34 bits per heavy atom. The number of nitrogens with zero attached hydrogens (tertiary/aromatic N) is 1. The largest absolute Gasteiger partial charge is 0.493 e. The van der Waals surface area contributed by atoms with Crippen LogP contribution in [0.5, 0.6) is 11.5 Å². The summed E-state index contributed by atoms with van der Waals surface area (Å²) in [7, 11) is 1.35. The SMILES string of the molecule is CCOC(=O)[C@@H](C)N1C(=O)S/C(=C\c2cc(Cl)c(OCC(=O)O)c(OC)c2)C1=O. The topological polar surface area (TPSA) is 119 Å². The van der Waals surface area contributed by atoms with E-state index in [-0.39, 0.29) is 28.0 Å². The van der Waals surface area contributed by atoms with Crippen LogP contribution < -0.4 is 9.47 Å².